The van der Waals surface area contributed by atoms with E-state index in [1.807, 2.05) is 36.4 Å². The number of fused-ring (bicyclic) bond motifs is 1. The molecule has 0 unspecified atom stereocenters. The Balaban J connectivity index is 1.45. The number of anilines is 1. The maximum atomic E-state index is 11.6. The first-order valence-electron chi connectivity index (χ1n) is 7.18. The van der Waals surface area contributed by atoms with Crippen molar-refractivity contribution in [2.45, 2.75) is 0 Å². The largest absolute Gasteiger partial charge is 0.482 e. The molecule has 0 aliphatic rings. The summed E-state index contributed by atoms with van der Waals surface area (Å²) < 4.78 is 14.8. The number of benzene rings is 2. The van der Waals surface area contributed by atoms with Crippen molar-refractivity contribution in [1.29, 1.82) is 0 Å². The summed E-state index contributed by atoms with van der Waals surface area (Å²) in [6.45, 7) is -0.706. The Bertz CT molecular complexity index is 845. The van der Waals surface area contributed by atoms with Gasteiger partial charge in [0.25, 0.3) is 5.91 Å². The number of nitrogens with zero attached hydrogens (tertiary/aromatic N) is 1. The number of carbonyl (C=O) groups excluding carboxylic acids is 2. The number of hydrogen-bond acceptors (Lipinski definition) is 6. The van der Waals surface area contributed by atoms with Crippen LogP contribution in [0.4, 0.5) is 5.82 Å². The molecule has 122 valence electrons. The number of amides is 1. The van der Waals surface area contributed by atoms with E-state index in [-0.39, 0.29) is 12.4 Å². The fourth-order valence-corrected chi connectivity index (χ4v) is 2.04. The lowest BCUT2D eigenvalue weighted by Gasteiger charge is -2.07. The summed E-state index contributed by atoms with van der Waals surface area (Å²) in [5, 5.41) is 8.01. The molecule has 7 nitrogen and oxygen atoms in total. The van der Waals surface area contributed by atoms with Gasteiger partial charge in [0.1, 0.15) is 12.0 Å². The molecule has 1 amide bonds. The summed E-state index contributed by atoms with van der Waals surface area (Å²) in [7, 11) is 0. The van der Waals surface area contributed by atoms with Crippen LogP contribution in [-0.2, 0) is 14.3 Å². The van der Waals surface area contributed by atoms with Gasteiger partial charge in [-0.2, -0.15) is 0 Å². The normalized spacial score (nSPS) is 10.3. The standard InChI is InChI=1S/C17H14N2O5/c20-16(18-15-7-8-24-19-15)10-23-17(21)11-22-14-6-5-12-3-1-2-4-13(12)9-14/h1-9H,10-11H2,(H,18,19,20). The van der Waals surface area contributed by atoms with E-state index in [9.17, 15) is 9.59 Å². The van der Waals surface area contributed by atoms with Gasteiger partial charge < -0.3 is 19.3 Å². The van der Waals surface area contributed by atoms with E-state index in [1.54, 1.807) is 6.07 Å². The van der Waals surface area contributed by atoms with E-state index >= 15 is 0 Å². The van der Waals surface area contributed by atoms with Gasteiger partial charge in [-0.3, -0.25) is 4.79 Å². The highest BCUT2D eigenvalue weighted by Gasteiger charge is 2.10. The average molecular weight is 326 g/mol. The van der Waals surface area contributed by atoms with Gasteiger partial charge >= 0.3 is 5.97 Å². The molecule has 0 bridgehead atoms. The Morgan fingerprint density at radius 1 is 1.04 bits per heavy atom. The maximum Gasteiger partial charge on any atom is 0.344 e. The lowest BCUT2D eigenvalue weighted by Crippen LogP contribution is -2.23. The maximum absolute atomic E-state index is 11.6. The molecule has 7 heteroatoms. The minimum absolute atomic E-state index is 0.253. The predicted molar refractivity (Wildman–Crippen MR) is 85.5 cm³/mol. The van der Waals surface area contributed by atoms with Crippen molar-refractivity contribution in [3.05, 3.63) is 54.8 Å². The zero-order valence-electron chi connectivity index (χ0n) is 12.6. The monoisotopic (exact) mass is 326 g/mol. The lowest BCUT2D eigenvalue weighted by molar-refractivity contribution is -0.149. The van der Waals surface area contributed by atoms with Crippen LogP contribution in [0.5, 0.6) is 5.75 Å². The highest BCUT2D eigenvalue weighted by atomic mass is 16.6. The van der Waals surface area contributed by atoms with Crippen LogP contribution in [0.2, 0.25) is 0 Å². The number of nitrogens with one attached hydrogen (secondary N) is 1. The molecule has 0 saturated carbocycles. The van der Waals surface area contributed by atoms with Gasteiger partial charge in [0.2, 0.25) is 0 Å². The van der Waals surface area contributed by atoms with E-state index in [0.29, 0.717) is 5.75 Å². The van der Waals surface area contributed by atoms with Crippen LogP contribution in [0.3, 0.4) is 0 Å². The van der Waals surface area contributed by atoms with E-state index in [4.69, 9.17) is 9.47 Å². The zero-order valence-corrected chi connectivity index (χ0v) is 12.6. The summed E-state index contributed by atoms with van der Waals surface area (Å²) in [5.74, 6) is -0.345. The van der Waals surface area contributed by atoms with Crippen molar-refractivity contribution >= 4 is 28.5 Å². The number of ether oxygens (including phenoxy) is 2. The van der Waals surface area contributed by atoms with Crippen LogP contribution in [0.1, 0.15) is 0 Å². The van der Waals surface area contributed by atoms with Crippen molar-refractivity contribution in [1.82, 2.24) is 5.16 Å². The van der Waals surface area contributed by atoms with Crippen molar-refractivity contribution in [2.24, 2.45) is 0 Å². The second-order valence-electron chi connectivity index (χ2n) is 4.89. The summed E-state index contributed by atoms with van der Waals surface area (Å²) in [6, 6.07) is 14.8. The molecule has 1 heterocycles. The van der Waals surface area contributed by atoms with Crippen LogP contribution < -0.4 is 10.1 Å². The minimum Gasteiger partial charge on any atom is -0.482 e. The van der Waals surface area contributed by atoms with Crippen LogP contribution in [-0.4, -0.2) is 30.2 Å². The molecule has 0 atom stereocenters. The quantitative estimate of drug-likeness (QED) is 0.699. The number of aromatic nitrogens is 1. The van der Waals surface area contributed by atoms with Crippen molar-refractivity contribution in [3.63, 3.8) is 0 Å². The lowest BCUT2D eigenvalue weighted by atomic mass is 10.1. The summed E-state index contributed by atoms with van der Waals surface area (Å²) in [5.41, 5.74) is 0. The smallest absolute Gasteiger partial charge is 0.344 e. The first kappa shape index (κ1) is 15.5. The number of hydrogen-bond donors (Lipinski definition) is 1. The summed E-state index contributed by atoms with van der Waals surface area (Å²) >= 11 is 0. The molecule has 1 N–H and O–H groups in total. The van der Waals surface area contributed by atoms with Crippen molar-refractivity contribution < 1.29 is 23.6 Å². The third-order valence-electron chi connectivity index (χ3n) is 3.15. The second-order valence-corrected chi connectivity index (χ2v) is 4.89. The highest BCUT2D eigenvalue weighted by molar-refractivity contribution is 5.91. The average Bonchev–Trinajstić information content (AvgIpc) is 3.11. The SMILES string of the molecule is O=C(COC(=O)COc1ccc2ccccc2c1)Nc1ccon1. The van der Waals surface area contributed by atoms with E-state index in [2.05, 4.69) is 15.0 Å². The Hall–Kier alpha value is -3.35. The van der Waals surface area contributed by atoms with Gasteiger partial charge in [-0.15, -0.1) is 0 Å². The molecule has 0 spiro atoms. The van der Waals surface area contributed by atoms with Crippen LogP contribution in [0.25, 0.3) is 10.8 Å². The number of rotatable bonds is 6. The minimum atomic E-state index is -0.640. The van der Waals surface area contributed by atoms with E-state index in [0.717, 1.165) is 10.8 Å². The van der Waals surface area contributed by atoms with Gasteiger partial charge in [-0.1, -0.05) is 35.5 Å². The Kier molecular flexibility index (Phi) is 4.71. The molecular weight excluding hydrogens is 312 g/mol. The molecule has 24 heavy (non-hydrogen) atoms. The van der Waals surface area contributed by atoms with E-state index < -0.39 is 18.5 Å². The Labute approximate surface area is 137 Å². The Morgan fingerprint density at radius 2 is 1.88 bits per heavy atom. The first-order valence-corrected chi connectivity index (χ1v) is 7.18. The summed E-state index contributed by atoms with van der Waals surface area (Å²) in [6.07, 6.45) is 1.32. The second kappa shape index (κ2) is 7.28. The Morgan fingerprint density at radius 3 is 2.67 bits per heavy atom. The number of carbonyl (C=O) groups is 2. The predicted octanol–water partition coefficient (Wildman–Crippen LogP) is 2.39. The first-order chi connectivity index (χ1) is 11.7. The molecule has 0 aliphatic heterocycles. The molecule has 3 aromatic rings. The number of esters is 1. The fourth-order valence-electron chi connectivity index (χ4n) is 2.04. The van der Waals surface area contributed by atoms with Gasteiger partial charge in [-0.25, -0.2) is 4.79 Å². The third-order valence-corrected chi connectivity index (χ3v) is 3.15. The van der Waals surface area contributed by atoms with Crippen molar-refractivity contribution in [3.8, 4) is 5.75 Å². The molecule has 0 fully saturated rings. The van der Waals surface area contributed by atoms with Crippen LogP contribution >= 0.6 is 0 Å². The highest BCUT2D eigenvalue weighted by Crippen LogP contribution is 2.20. The van der Waals surface area contributed by atoms with Crippen molar-refractivity contribution in [2.75, 3.05) is 18.5 Å². The van der Waals surface area contributed by atoms with Crippen LogP contribution in [0, 0.1) is 0 Å². The molecule has 1 aromatic heterocycles. The molecule has 0 saturated heterocycles. The molecule has 0 aliphatic carbocycles. The van der Waals surface area contributed by atoms with Gasteiger partial charge in [0, 0.05) is 6.07 Å². The molecule has 0 radical (unpaired) electrons. The third kappa shape index (κ3) is 4.10. The van der Waals surface area contributed by atoms with Gasteiger partial charge in [0.15, 0.2) is 19.0 Å². The molecular formula is C17H14N2O5. The molecule has 2 aromatic carbocycles. The fraction of sp³-hybridized carbons (Fsp3) is 0.118. The topological polar surface area (TPSA) is 90.7 Å². The van der Waals surface area contributed by atoms with Gasteiger partial charge in [0.05, 0.1) is 0 Å². The zero-order chi connectivity index (χ0) is 16.8. The molecule has 3 rings (SSSR count). The summed E-state index contributed by atoms with van der Waals surface area (Å²) in [4.78, 5) is 23.2. The van der Waals surface area contributed by atoms with Gasteiger partial charge in [-0.05, 0) is 22.9 Å². The van der Waals surface area contributed by atoms with E-state index in [1.165, 1.54) is 12.3 Å². The van der Waals surface area contributed by atoms with Crippen LogP contribution in [0.15, 0.2) is 59.3 Å².